The maximum Gasteiger partial charge on any atom is 0.221 e. The van der Waals surface area contributed by atoms with Gasteiger partial charge in [-0.2, -0.15) is 0 Å². The van der Waals surface area contributed by atoms with Gasteiger partial charge in [-0.05, 0) is 61.3 Å². The Bertz CT molecular complexity index is 498. The summed E-state index contributed by atoms with van der Waals surface area (Å²) < 4.78 is 14.3. The summed E-state index contributed by atoms with van der Waals surface area (Å²) in [7, 11) is 0. The number of carbonyl (C=O) groups is 2. The molecule has 5 unspecified atom stereocenters. The topological polar surface area (TPSA) is 98.2 Å². The number of carbonyl (C=O) groups excluding carboxylic acids is 2. The molecule has 22 heavy (non-hydrogen) atoms. The van der Waals surface area contributed by atoms with E-state index in [9.17, 15) is 14.0 Å². The molecule has 1 saturated heterocycles. The average molecular weight is 309 g/mol. The van der Waals surface area contributed by atoms with Crippen LogP contribution in [-0.4, -0.2) is 31.1 Å². The molecule has 4 fully saturated rings. The van der Waals surface area contributed by atoms with Gasteiger partial charge in [-0.1, -0.05) is 0 Å². The Morgan fingerprint density at radius 2 is 1.59 bits per heavy atom. The molecule has 1 spiro atoms. The minimum atomic E-state index is -0.822. The van der Waals surface area contributed by atoms with E-state index in [0.717, 1.165) is 32.2 Å². The Morgan fingerprint density at radius 3 is 2.09 bits per heavy atom. The van der Waals surface area contributed by atoms with E-state index in [-0.39, 0.29) is 23.2 Å². The molecule has 0 aromatic carbocycles. The highest BCUT2D eigenvalue weighted by Gasteiger charge is 2.77. The van der Waals surface area contributed by atoms with Crippen LogP contribution in [0.25, 0.3) is 0 Å². The molecule has 2 amide bonds. The number of hydrogen-bond donors (Lipinski definition) is 3. The second-order valence-corrected chi connectivity index (χ2v) is 7.74. The number of nitrogens with two attached hydrogens (primary N) is 2. The largest absolute Gasteiger partial charge is 0.369 e. The Morgan fingerprint density at radius 1 is 1.00 bits per heavy atom. The molecule has 5 N–H and O–H groups in total. The molecule has 3 saturated carbocycles. The maximum absolute atomic E-state index is 14.3. The molecule has 4 rings (SSSR count). The highest BCUT2D eigenvalue weighted by atomic mass is 19.1. The van der Waals surface area contributed by atoms with Crippen LogP contribution in [0.2, 0.25) is 0 Å². The third kappa shape index (κ3) is 1.67. The van der Waals surface area contributed by atoms with E-state index >= 15 is 0 Å². The lowest BCUT2D eigenvalue weighted by Gasteiger charge is -2.30. The van der Waals surface area contributed by atoms with Gasteiger partial charge in [0, 0.05) is 6.54 Å². The van der Waals surface area contributed by atoms with Crippen molar-refractivity contribution in [1.82, 2.24) is 5.32 Å². The fourth-order valence-corrected chi connectivity index (χ4v) is 6.47. The maximum atomic E-state index is 14.3. The summed E-state index contributed by atoms with van der Waals surface area (Å²) in [6.07, 6.45) is 2.83. The molecule has 3 aliphatic carbocycles. The van der Waals surface area contributed by atoms with Gasteiger partial charge >= 0.3 is 0 Å². The molecular formula is C16H24FN3O2. The summed E-state index contributed by atoms with van der Waals surface area (Å²) in [5, 5.41) is 3.09. The summed E-state index contributed by atoms with van der Waals surface area (Å²) in [5.74, 6) is -1.02. The van der Waals surface area contributed by atoms with Crippen LogP contribution in [0.4, 0.5) is 4.39 Å². The highest BCUT2D eigenvalue weighted by Crippen LogP contribution is 2.79. The Hall–Kier alpha value is -1.17. The predicted octanol–water partition coefficient (Wildman–Crippen LogP) is 0.183. The van der Waals surface area contributed by atoms with Crippen molar-refractivity contribution in [3.05, 3.63) is 0 Å². The van der Waals surface area contributed by atoms with Crippen molar-refractivity contribution in [3.8, 4) is 0 Å². The van der Waals surface area contributed by atoms with Gasteiger partial charge < -0.3 is 16.8 Å². The smallest absolute Gasteiger partial charge is 0.221 e. The van der Waals surface area contributed by atoms with Crippen molar-refractivity contribution in [2.75, 3.05) is 13.1 Å². The van der Waals surface area contributed by atoms with Crippen LogP contribution in [0.1, 0.15) is 25.7 Å². The first kappa shape index (κ1) is 14.4. The first-order chi connectivity index (χ1) is 10.5. The number of nitrogens with one attached hydrogen (secondary N) is 1. The van der Waals surface area contributed by atoms with Crippen LogP contribution in [-0.2, 0) is 9.59 Å². The monoisotopic (exact) mass is 309 g/mol. The first-order valence-electron chi connectivity index (χ1n) is 8.42. The number of halogens is 1. The van der Waals surface area contributed by atoms with Crippen molar-refractivity contribution in [2.45, 2.75) is 31.9 Å². The molecule has 5 nitrogen and oxygen atoms in total. The van der Waals surface area contributed by atoms with Gasteiger partial charge in [0.15, 0.2) is 0 Å². The Kier molecular flexibility index (Phi) is 3.06. The van der Waals surface area contributed by atoms with Crippen molar-refractivity contribution in [2.24, 2.45) is 52.4 Å². The fraction of sp³-hybridized carbons (Fsp3) is 0.875. The van der Waals surface area contributed by atoms with Crippen molar-refractivity contribution in [3.63, 3.8) is 0 Å². The second kappa shape index (κ2) is 4.66. The predicted molar refractivity (Wildman–Crippen MR) is 78.0 cm³/mol. The summed E-state index contributed by atoms with van der Waals surface area (Å²) in [4.78, 5) is 23.8. The van der Waals surface area contributed by atoms with E-state index in [1.807, 2.05) is 0 Å². The lowest BCUT2D eigenvalue weighted by molar-refractivity contribution is -0.133. The van der Waals surface area contributed by atoms with E-state index in [1.54, 1.807) is 0 Å². The molecule has 4 aliphatic rings. The summed E-state index contributed by atoms with van der Waals surface area (Å²) in [6.45, 7) is 1.27. The number of rotatable bonds is 3. The van der Waals surface area contributed by atoms with Gasteiger partial charge in [0.25, 0.3) is 0 Å². The lowest BCUT2D eigenvalue weighted by atomic mass is 9.78. The Balaban J connectivity index is 1.64. The molecule has 1 heterocycles. The van der Waals surface area contributed by atoms with E-state index in [4.69, 9.17) is 11.5 Å². The van der Waals surface area contributed by atoms with Crippen LogP contribution >= 0.6 is 0 Å². The van der Waals surface area contributed by atoms with Gasteiger partial charge in [-0.25, -0.2) is 4.39 Å². The van der Waals surface area contributed by atoms with Gasteiger partial charge in [-0.3, -0.25) is 9.59 Å². The number of piperidine rings is 1. The fourth-order valence-electron chi connectivity index (χ4n) is 6.47. The first-order valence-corrected chi connectivity index (χ1v) is 8.42. The van der Waals surface area contributed by atoms with Crippen molar-refractivity contribution >= 4 is 11.8 Å². The molecule has 122 valence electrons. The van der Waals surface area contributed by atoms with Crippen molar-refractivity contribution in [1.29, 1.82) is 0 Å². The van der Waals surface area contributed by atoms with Crippen LogP contribution in [0.5, 0.6) is 0 Å². The van der Waals surface area contributed by atoms with E-state index in [0.29, 0.717) is 12.5 Å². The third-order valence-corrected chi connectivity index (χ3v) is 7.16. The zero-order valence-corrected chi connectivity index (χ0v) is 12.6. The van der Waals surface area contributed by atoms with Crippen LogP contribution in [0, 0.1) is 40.9 Å². The summed E-state index contributed by atoms with van der Waals surface area (Å²) >= 11 is 0. The van der Waals surface area contributed by atoms with E-state index in [1.165, 1.54) is 0 Å². The lowest BCUT2D eigenvalue weighted by Crippen LogP contribution is -2.41. The quantitative estimate of drug-likeness (QED) is 0.694. The standard InChI is InChI=1S/C16H24FN3O2/c17-11-6-20-4-3-7(11)10-5-16(10)8-1-2-9(16)13(15(19)22)12(8)14(18)21/h7-13,20H,1-6H2,(H2,18,21)(H2,19,22)/t7-,8?,9?,10?,11+,12?,13?,16?/m1/s1. The Labute approximate surface area is 129 Å². The number of hydrogen-bond acceptors (Lipinski definition) is 3. The number of alkyl halides is 1. The van der Waals surface area contributed by atoms with Gasteiger partial charge in [-0.15, -0.1) is 0 Å². The van der Waals surface area contributed by atoms with E-state index < -0.39 is 29.8 Å². The van der Waals surface area contributed by atoms with Crippen molar-refractivity contribution < 1.29 is 14.0 Å². The SMILES string of the molecule is NC(=O)C1C(C(N)=O)C2CCC1C21CC1[C@H]1CCNC[C@@H]1F. The van der Waals surface area contributed by atoms with Crippen LogP contribution in [0.15, 0.2) is 0 Å². The van der Waals surface area contributed by atoms with E-state index in [2.05, 4.69) is 5.32 Å². The molecule has 7 atom stereocenters. The number of amides is 2. The summed E-state index contributed by atoms with van der Waals surface area (Å²) in [5.41, 5.74) is 11.1. The molecule has 0 radical (unpaired) electrons. The molecule has 2 bridgehead atoms. The average Bonchev–Trinajstić information content (AvgIpc) is 3.03. The minimum Gasteiger partial charge on any atom is -0.369 e. The highest BCUT2D eigenvalue weighted by molar-refractivity contribution is 5.88. The molecule has 1 aliphatic heterocycles. The zero-order chi connectivity index (χ0) is 15.6. The van der Waals surface area contributed by atoms with Gasteiger partial charge in [0.05, 0.1) is 11.8 Å². The van der Waals surface area contributed by atoms with Gasteiger partial charge in [0.1, 0.15) is 6.17 Å². The number of primary amides is 2. The third-order valence-electron chi connectivity index (χ3n) is 7.16. The second-order valence-electron chi connectivity index (χ2n) is 7.74. The molecular weight excluding hydrogens is 285 g/mol. The van der Waals surface area contributed by atoms with Gasteiger partial charge in [0.2, 0.25) is 11.8 Å². The van der Waals surface area contributed by atoms with Crippen LogP contribution < -0.4 is 16.8 Å². The zero-order valence-electron chi connectivity index (χ0n) is 12.6. The normalized spacial score (nSPS) is 52.9. The van der Waals surface area contributed by atoms with Crippen LogP contribution in [0.3, 0.4) is 0 Å². The molecule has 6 heteroatoms. The molecule has 0 aromatic rings. The minimum absolute atomic E-state index is 0.0360. The summed E-state index contributed by atoms with van der Waals surface area (Å²) in [6, 6.07) is 0. The molecule has 0 aromatic heterocycles.